The van der Waals surface area contributed by atoms with Gasteiger partial charge < -0.3 is 4.74 Å². The number of ether oxygens (including phenoxy) is 1. The molecule has 0 unspecified atom stereocenters. The lowest BCUT2D eigenvalue weighted by Gasteiger charge is -2.03. The monoisotopic (exact) mass is 262 g/mol. The third-order valence-electron chi connectivity index (χ3n) is 1.88. The molecule has 2 nitrogen and oxygen atoms in total. The Morgan fingerprint density at radius 2 is 2.07 bits per heavy atom. The SMILES string of the molecule is CCCCC/C=C(\CBr)C(=O)OCC. The number of carbonyl (C=O) groups is 1. The van der Waals surface area contributed by atoms with Gasteiger partial charge in [0.2, 0.25) is 0 Å². The fourth-order valence-electron chi connectivity index (χ4n) is 1.09. The van der Waals surface area contributed by atoms with Crippen molar-refractivity contribution in [3.05, 3.63) is 11.6 Å². The van der Waals surface area contributed by atoms with Crippen LogP contribution in [0.5, 0.6) is 0 Å². The highest BCUT2D eigenvalue weighted by Crippen LogP contribution is 2.07. The van der Waals surface area contributed by atoms with Crippen molar-refractivity contribution in [1.29, 1.82) is 0 Å². The van der Waals surface area contributed by atoms with E-state index in [0.717, 1.165) is 18.4 Å². The molecule has 0 fully saturated rings. The average molecular weight is 263 g/mol. The van der Waals surface area contributed by atoms with Crippen molar-refractivity contribution in [1.82, 2.24) is 0 Å². The molecule has 0 aromatic heterocycles. The molecule has 0 aliphatic carbocycles. The van der Waals surface area contributed by atoms with E-state index in [-0.39, 0.29) is 5.97 Å². The molecule has 3 heteroatoms. The number of alkyl halides is 1. The molecule has 82 valence electrons. The zero-order valence-electron chi connectivity index (χ0n) is 9.01. The summed E-state index contributed by atoms with van der Waals surface area (Å²) in [4.78, 5) is 11.3. The van der Waals surface area contributed by atoms with Gasteiger partial charge in [-0.25, -0.2) is 4.79 Å². The van der Waals surface area contributed by atoms with Gasteiger partial charge in [-0.05, 0) is 19.8 Å². The molecule has 0 aromatic rings. The second-order valence-electron chi connectivity index (χ2n) is 3.08. The minimum absolute atomic E-state index is 0.194. The second kappa shape index (κ2) is 9.25. The van der Waals surface area contributed by atoms with Crippen LogP contribution in [0.15, 0.2) is 11.6 Å². The number of hydrogen-bond acceptors (Lipinski definition) is 2. The van der Waals surface area contributed by atoms with E-state index in [1.165, 1.54) is 12.8 Å². The molecule has 14 heavy (non-hydrogen) atoms. The number of halogens is 1. The Balaban J connectivity index is 3.91. The van der Waals surface area contributed by atoms with Crippen LogP contribution in [0.2, 0.25) is 0 Å². The summed E-state index contributed by atoms with van der Waals surface area (Å²) in [5, 5.41) is 0.581. The first-order valence-corrected chi connectivity index (χ1v) is 6.30. The van der Waals surface area contributed by atoms with E-state index >= 15 is 0 Å². The van der Waals surface area contributed by atoms with Crippen LogP contribution in [-0.2, 0) is 9.53 Å². The summed E-state index contributed by atoms with van der Waals surface area (Å²) in [6, 6.07) is 0. The molecule has 0 bridgehead atoms. The van der Waals surface area contributed by atoms with Crippen molar-refractivity contribution in [3.63, 3.8) is 0 Å². The number of rotatable bonds is 7. The first-order valence-electron chi connectivity index (χ1n) is 5.18. The summed E-state index contributed by atoms with van der Waals surface area (Å²) in [5.41, 5.74) is 0.739. The molecule has 0 aliphatic rings. The normalized spacial score (nSPS) is 11.5. The maximum absolute atomic E-state index is 11.3. The van der Waals surface area contributed by atoms with Crippen molar-refractivity contribution in [2.75, 3.05) is 11.9 Å². The first-order chi connectivity index (χ1) is 6.76. The van der Waals surface area contributed by atoms with Gasteiger partial charge in [-0.3, -0.25) is 0 Å². The van der Waals surface area contributed by atoms with Gasteiger partial charge in [0.1, 0.15) is 0 Å². The molecule has 0 aliphatic heterocycles. The predicted octanol–water partition coefficient (Wildman–Crippen LogP) is 3.45. The van der Waals surface area contributed by atoms with Crippen molar-refractivity contribution in [3.8, 4) is 0 Å². The Morgan fingerprint density at radius 3 is 2.57 bits per heavy atom. The highest BCUT2D eigenvalue weighted by atomic mass is 79.9. The Labute approximate surface area is 94.8 Å². The van der Waals surface area contributed by atoms with E-state index in [0.29, 0.717) is 11.9 Å². The van der Waals surface area contributed by atoms with Crippen LogP contribution in [0.25, 0.3) is 0 Å². The Kier molecular flexibility index (Phi) is 9.05. The largest absolute Gasteiger partial charge is 0.463 e. The Bertz CT molecular complexity index is 188. The summed E-state index contributed by atoms with van der Waals surface area (Å²) in [6.07, 6.45) is 6.51. The van der Waals surface area contributed by atoms with E-state index in [1.807, 2.05) is 13.0 Å². The Hall–Kier alpha value is -0.310. The van der Waals surface area contributed by atoms with Crippen LogP contribution in [-0.4, -0.2) is 17.9 Å². The Morgan fingerprint density at radius 1 is 1.36 bits per heavy atom. The van der Waals surface area contributed by atoms with Crippen LogP contribution >= 0.6 is 15.9 Å². The quantitative estimate of drug-likeness (QED) is 0.304. The van der Waals surface area contributed by atoms with Crippen LogP contribution in [0.4, 0.5) is 0 Å². The molecular weight excluding hydrogens is 244 g/mol. The number of carbonyl (C=O) groups excluding carboxylic acids is 1. The number of esters is 1. The molecule has 0 heterocycles. The zero-order valence-corrected chi connectivity index (χ0v) is 10.6. The van der Waals surface area contributed by atoms with Gasteiger partial charge in [0.05, 0.1) is 6.61 Å². The van der Waals surface area contributed by atoms with Crippen LogP contribution in [0.1, 0.15) is 39.5 Å². The van der Waals surface area contributed by atoms with E-state index < -0.39 is 0 Å². The molecule has 0 amide bonds. The van der Waals surface area contributed by atoms with E-state index in [9.17, 15) is 4.79 Å². The predicted molar refractivity (Wildman–Crippen MR) is 62.7 cm³/mol. The zero-order chi connectivity index (χ0) is 10.8. The molecule has 0 saturated heterocycles. The molecule has 0 radical (unpaired) electrons. The molecule has 0 spiro atoms. The van der Waals surface area contributed by atoms with E-state index in [1.54, 1.807) is 0 Å². The summed E-state index contributed by atoms with van der Waals surface area (Å²) >= 11 is 3.29. The van der Waals surface area contributed by atoms with Gasteiger partial charge in [-0.1, -0.05) is 41.8 Å². The maximum atomic E-state index is 11.3. The fraction of sp³-hybridized carbons (Fsp3) is 0.727. The van der Waals surface area contributed by atoms with Crippen LogP contribution in [0.3, 0.4) is 0 Å². The molecule has 0 N–H and O–H groups in total. The summed E-state index contributed by atoms with van der Waals surface area (Å²) < 4.78 is 4.91. The lowest BCUT2D eigenvalue weighted by molar-refractivity contribution is -0.138. The van der Waals surface area contributed by atoms with Gasteiger partial charge in [-0.2, -0.15) is 0 Å². The lowest BCUT2D eigenvalue weighted by atomic mass is 10.1. The highest BCUT2D eigenvalue weighted by Gasteiger charge is 2.07. The molecule has 0 aromatic carbocycles. The molecule has 0 atom stereocenters. The maximum Gasteiger partial charge on any atom is 0.334 e. The average Bonchev–Trinajstić information content (AvgIpc) is 2.18. The number of allylic oxidation sites excluding steroid dienone is 1. The highest BCUT2D eigenvalue weighted by molar-refractivity contribution is 9.09. The van der Waals surface area contributed by atoms with Gasteiger partial charge in [-0.15, -0.1) is 0 Å². The molecular formula is C11H19BrO2. The van der Waals surface area contributed by atoms with Crippen molar-refractivity contribution in [2.45, 2.75) is 39.5 Å². The standard InChI is InChI=1S/C11H19BrO2/c1-3-5-6-7-8-10(9-12)11(13)14-4-2/h8H,3-7,9H2,1-2H3/b10-8+. The van der Waals surface area contributed by atoms with Crippen LogP contribution < -0.4 is 0 Å². The minimum atomic E-state index is -0.194. The summed E-state index contributed by atoms with van der Waals surface area (Å²) in [7, 11) is 0. The number of unbranched alkanes of at least 4 members (excludes halogenated alkanes) is 3. The van der Waals surface area contributed by atoms with Crippen molar-refractivity contribution < 1.29 is 9.53 Å². The summed E-state index contributed by atoms with van der Waals surface area (Å²) in [5.74, 6) is -0.194. The fourth-order valence-corrected chi connectivity index (χ4v) is 1.54. The lowest BCUT2D eigenvalue weighted by Crippen LogP contribution is -2.08. The third kappa shape index (κ3) is 6.19. The minimum Gasteiger partial charge on any atom is -0.463 e. The van der Waals surface area contributed by atoms with Crippen LogP contribution in [0, 0.1) is 0 Å². The van der Waals surface area contributed by atoms with Crippen molar-refractivity contribution in [2.24, 2.45) is 0 Å². The molecule has 0 rings (SSSR count). The molecule has 0 saturated carbocycles. The van der Waals surface area contributed by atoms with E-state index in [2.05, 4.69) is 22.9 Å². The van der Waals surface area contributed by atoms with Crippen molar-refractivity contribution >= 4 is 21.9 Å². The van der Waals surface area contributed by atoms with Gasteiger partial charge in [0.15, 0.2) is 0 Å². The van der Waals surface area contributed by atoms with E-state index in [4.69, 9.17) is 4.74 Å². The first kappa shape index (κ1) is 13.7. The third-order valence-corrected chi connectivity index (χ3v) is 2.48. The number of hydrogen-bond donors (Lipinski definition) is 0. The topological polar surface area (TPSA) is 26.3 Å². The smallest absolute Gasteiger partial charge is 0.334 e. The summed E-state index contributed by atoms with van der Waals surface area (Å²) in [6.45, 7) is 4.43. The van der Waals surface area contributed by atoms with Gasteiger partial charge >= 0.3 is 5.97 Å². The van der Waals surface area contributed by atoms with Gasteiger partial charge in [0.25, 0.3) is 0 Å². The van der Waals surface area contributed by atoms with Gasteiger partial charge in [0, 0.05) is 10.9 Å². The second-order valence-corrected chi connectivity index (χ2v) is 3.64.